The van der Waals surface area contributed by atoms with Gasteiger partial charge in [0.2, 0.25) is 0 Å². The Bertz CT molecular complexity index is 2920. The molecule has 4 heterocycles. The molecule has 2 aliphatic heterocycles. The van der Waals surface area contributed by atoms with Gasteiger partial charge >= 0.3 is 0 Å². The molecule has 2 aromatic heterocycles. The van der Waals surface area contributed by atoms with Gasteiger partial charge in [0.25, 0.3) is 0 Å². The minimum atomic E-state index is 0.0370. The fourth-order valence-corrected chi connectivity index (χ4v) is 9.08. The molecule has 0 aliphatic carbocycles. The quantitative estimate of drug-likeness (QED) is 0.182. The maximum atomic E-state index is 4.88. The summed E-state index contributed by atoms with van der Waals surface area (Å²) in [7, 11) is 2.20. The average Bonchev–Trinajstić information content (AvgIpc) is 3.53. The van der Waals surface area contributed by atoms with Crippen molar-refractivity contribution in [3.05, 3.63) is 205 Å². The number of aromatic nitrogens is 2. The van der Waals surface area contributed by atoms with E-state index in [1.165, 1.54) is 66.8 Å². The average molecular weight is 705 g/mol. The summed E-state index contributed by atoms with van der Waals surface area (Å²) in [5, 5.41) is 1.24. The predicted octanol–water partition coefficient (Wildman–Crippen LogP) is 13.0. The molecule has 0 radical (unpaired) electrons. The van der Waals surface area contributed by atoms with Gasteiger partial charge in [-0.2, -0.15) is 0 Å². The van der Waals surface area contributed by atoms with Crippen molar-refractivity contribution in [1.29, 1.82) is 0 Å². The van der Waals surface area contributed by atoms with Crippen molar-refractivity contribution in [3.63, 3.8) is 0 Å². The summed E-state index contributed by atoms with van der Waals surface area (Å²) in [6, 6.07) is 68.3. The van der Waals surface area contributed by atoms with Crippen LogP contribution in [0.3, 0.4) is 0 Å². The highest BCUT2D eigenvalue weighted by Gasteiger charge is 2.32. The van der Waals surface area contributed by atoms with E-state index in [1.54, 1.807) is 0 Å². The Hall–Kier alpha value is -7.17. The SMILES string of the molecule is CN1c2ccccc2-c2ncccc2C1c1cccc(-c2cccc(N3c4ccccc4-c4c(n(-c5ccccc5)c5ccccc45)-c4ccccc43)c2)c1. The molecule has 1 unspecified atom stereocenters. The first kappa shape index (κ1) is 31.4. The summed E-state index contributed by atoms with van der Waals surface area (Å²) in [4.78, 5) is 9.72. The molecule has 0 saturated carbocycles. The van der Waals surface area contributed by atoms with Crippen molar-refractivity contribution < 1.29 is 0 Å². The van der Waals surface area contributed by atoms with E-state index in [0.29, 0.717) is 0 Å². The summed E-state index contributed by atoms with van der Waals surface area (Å²) in [6.07, 6.45) is 1.90. The Labute approximate surface area is 320 Å². The van der Waals surface area contributed by atoms with Gasteiger partial charge < -0.3 is 14.4 Å². The Balaban J connectivity index is 1.08. The van der Waals surface area contributed by atoms with Gasteiger partial charge in [0.15, 0.2) is 0 Å². The van der Waals surface area contributed by atoms with Crippen molar-refractivity contribution in [3.8, 4) is 50.5 Å². The number of rotatable bonds is 4. The summed E-state index contributed by atoms with van der Waals surface area (Å²) < 4.78 is 2.44. The lowest BCUT2D eigenvalue weighted by molar-refractivity contribution is 0.769. The van der Waals surface area contributed by atoms with Gasteiger partial charge in [0, 0.05) is 63.5 Å². The molecule has 2 aliphatic rings. The first-order valence-corrected chi connectivity index (χ1v) is 18.9. The van der Waals surface area contributed by atoms with Crippen LogP contribution in [0.1, 0.15) is 17.2 Å². The second-order valence-corrected chi connectivity index (χ2v) is 14.4. The monoisotopic (exact) mass is 704 g/mol. The van der Waals surface area contributed by atoms with Crippen molar-refractivity contribution in [1.82, 2.24) is 9.55 Å². The lowest BCUT2D eigenvalue weighted by atomic mass is 9.87. The first-order valence-electron chi connectivity index (χ1n) is 18.9. The second-order valence-electron chi connectivity index (χ2n) is 14.4. The Morgan fingerprint density at radius 1 is 0.491 bits per heavy atom. The van der Waals surface area contributed by atoms with E-state index < -0.39 is 0 Å². The number of pyridine rings is 1. The predicted molar refractivity (Wildman–Crippen MR) is 228 cm³/mol. The van der Waals surface area contributed by atoms with E-state index in [-0.39, 0.29) is 6.04 Å². The van der Waals surface area contributed by atoms with E-state index in [4.69, 9.17) is 4.98 Å². The van der Waals surface area contributed by atoms with Gasteiger partial charge in [-0.15, -0.1) is 0 Å². The fraction of sp³-hybridized carbons (Fsp3) is 0.0392. The van der Waals surface area contributed by atoms with Crippen molar-refractivity contribution >= 4 is 33.7 Å². The number of hydrogen-bond donors (Lipinski definition) is 0. The Kier molecular flexibility index (Phi) is 7.11. The van der Waals surface area contributed by atoms with E-state index in [9.17, 15) is 0 Å². The minimum Gasteiger partial charge on any atom is -0.363 e. The third kappa shape index (κ3) is 4.81. The number of benzene rings is 7. The molecule has 0 amide bonds. The zero-order valence-electron chi connectivity index (χ0n) is 30.3. The molecular formula is C51H36N4. The number of fused-ring (bicyclic) bond motifs is 10. The zero-order chi connectivity index (χ0) is 36.5. The highest BCUT2D eigenvalue weighted by Crippen LogP contribution is 2.54. The summed E-state index contributed by atoms with van der Waals surface area (Å²) in [5.41, 5.74) is 18.8. The van der Waals surface area contributed by atoms with E-state index in [1.807, 2.05) is 6.20 Å². The van der Waals surface area contributed by atoms with Crippen LogP contribution in [0.4, 0.5) is 22.7 Å². The van der Waals surface area contributed by atoms with Crippen LogP contribution in [0, 0.1) is 0 Å². The maximum absolute atomic E-state index is 4.88. The van der Waals surface area contributed by atoms with Crippen LogP contribution < -0.4 is 9.80 Å². The van der Waals surface area contributed by atoms with Gasteiger partial charge in [-0.3, -0.25) is 4.98 Å². The molecule has 0 fully saturated rings. The van der Waals surface area contributed by atoms with Crippen molar-refractivity contribution in [2.45, 2.75) is 6.04 Å². The van der Waals surface area contributed by atoms with E-state index in [2.05, 4.69) is 209 Å². The minimum absolute atomic E-state index is 0.0370. The molecule has 0 saturated heterocycles. The third-order valence-electron chi connectivity index (χ3n) is 11.4. The van der Waals surface area contributed by atoms with Crippen LogP contribution in [-0.2, 0) is 0 Å². The number of anilines is 4. The summed E-state index contributed by atoms with van der Waals surface area (Å²) in [6.45, 7) is 0. The van der Waals surface area contributed by atoms with Crippen molar-refractivity contribution in [2.75, 3.05) is 16.8 Å². The molecule has 0 bridgehead atoms. The topological polar surface area (TPSA) is 24.3 Å². The van der Waals surface area contributed by atoms with Crippen LogP contribution in [-0.4, -0.2) is 16.6 Å². The second kappa shape index (κ2) is 12.5. The highest BCUT2D eigenvalue weighted by atomic mass is 15.2. The molecular weight excluding hydrogens is 669 g/mol. The molecule has 0 spiro atoms. The van der Waals surface area contributed by atoms with Crippen molar-refractivity contribution in [2.24, 2.45) is 0 Å². The van der Waals surface area contributed by atoms with Gasteiger partial charge in [0.05, 0.1) is 34.3 Å². The third-order valence-corrected chi connectivity index (χ3v) is 11.4. The van der Waals surface area contributed by atoms with Crippen LogP contribution >= 0.6 is 0 Å². The van der Waals surface area contributed by atoms with Crippen LogP contribution in [0.5, 0.6) is 0 Å². The van der Waals surface area contributed by atoms with Gasteiger partial charge in [-0.1, -0.05) is 127 Å². The zero-order valence-corrected chi connectivity index (χ0v) is 30.3. The standard InChI is InChI=1S/C51H36N4/c1-53-44-27-9-7-24-41(44)49-43(26-15-31-52-49)50(53)36-18-13-16-34(32-36)35-17-14-21-38(33-35)54-45-28-10-5-22-39(45)48-40-23-6-11-29-46(40)55(37-19-3-2-4-20-37)51(48)42-25-8-12-30-47(42)54/h2-33,50H,1H3. The Morgan fingerprint density at radius 3 is 1.96 bits per heavy atom. The van der Waals surface area contributed by atoms with Crippen LogP contribution in [0.15, 0.2) is 194 Å². The van der Waals surface area contributed by atoms with E-state index in [0.717, 1.165) is 28.4 Å². The molecule has 0 N–H and O–H groups in total. The van der Waals surface area contributed by atoms with Crippen LogP contribution in [0.2, 0.25) is 0 Å². The number of hydrogen-bond acceptors (Lipinski definition) is 3. The smallest absolute Gasteiger partial charge is 0.0814 e. The molecule has 1 atom stereocenters. The van der Waals surface area contributed by atoms with Gasteiger partial charge in [-0.25, -0.2) is 0 Å². The summed E-state index contributed by atoms with van der Waals surface area (Å²) >= 11 is 0. The van der Waals surface area contributed by atoms with E-state index >= 15 is 0 Å². The molecule has 7 aromatic carbocycles. The molecule has 11 rings (SSSR count). The van der Waals surface area contributed by atoms with Gasteiger partial charge in [0.1, 0.15) is 0 Å². The largest absolute Gasteiger partial charge is 0.363 e. The van der Waals surface area contributed by atoms with Crippen LogP contribution in [0.25, 0.3) is 61.4 Å². The first-order chi connectivity index (χ1) is 27.2. The molecule has 55 heavy (non-hydrogen) atoms. The number of para-hydroxylation sites is 5. The fourth-order valence-electron chi connectivity index (χ4n) is 9.08. The highest BCUT2D eigenvalue weighted by molar-refractivity contribution is 6.13. The Morgan fingerprint density at radius 2 is 1.13 bits per heavy atom. The molecule has 9 aromatic rings. The molecule has 260 valence electrons. The lowest BCUT2D eigenvalue weighted by Gasteiger charge is -2.37. The summed E-state index contributed by atoms with van der Waals surface area (Å²) in [5.74, 6) is 0. The number of nitrogens with zero attached hydrogens (tertiary/aromatic N) is 4. The normalized spacial score (nSPS) is 14.0. The lowest BCUT2D eigenvalue weighted by Crippen LogP contribution is -2.29. The molecule has 4 heteroatoms. The van der Waals surface area contributed by atoms with Gasteiger partial charge in [-0.05, 0) is 77.4 Å². The molecule has 4 nitrogen and oxygen atoms in total. The maximum Gasteiger partial charge on any atom is 0.0814 e.